The molecule has 1 saturated carbocycles. The Hall–Kier alpha value is -3.31. The van der Waals surface area contributed by atoms with Gasteiger partial charge in [-0.2, -0.15) is 5.26 Å². The van der Waals surface area contributed by atoms with Gasteiger partial charge < -0.3 is 11.1 Å². The average molecular weight is 425 g/mol. The molecule has 162 valence electrons. The maximum absolute atomic E-state index is 13.5. The number of aliphatic imine (C=N–C) groups is 1. The number of nitrogens with one attached hydrogen (secondary N) is 2. The first-order valence-electron chi connectivity index (χ1n) is 10.2. The summed E-state index contributed by atoms with van der Waals surface area (Å²) >= 11 is 0. The van der Waals surface area contributed by atoms with Crippen molar-refractivity contribution in [2.24, 2.45) is 10.7 Å². The van der Waals surface area contributed by atoms with Crippen molar-refractivity contribution in [3.63, 3.8) is 0 Å². The van der Waals surface area contributed by atoms with Crippen LogP contribution < -0.4 is 16.4 Å². The minimum absolute atomic E-state index is 0.131. The fourth-order valence-electron chi connectivity index (χ4n) is 3.31. The van der Waals surface area contributed by atoms with Gasteiger partial charge in [0.1, 0.15) is 11.6 Å². The fraction of sp³-hybridized carbons (Fsp3) is 0.348. The summed E-state index contributed by atoms with van der Waals surface area (Å²) in [6.45, 7) is 1.86. The quantitative estimate of drug-likeness (QED) is 0.486. The van der Waals surface area contributed by atoms with E-state index in [1.165, 1.54) is 18.2 Å². The highest BCUT2D eigenvalue weighted by Crippen LogP contribution is 2.22. The van der Waals surface area contributed by atoms with Crippen LogP contribution in [0.3, 0.4) is 0 Å². The third-order valence-electron chi connectivity index (χ3n) is 5.18. The molecule has 0 saturated heterocycles. The van der Waals surface area contributed by atoms with E-state index in [4.69, 9.17) is 11.0 Å². The molecule has 0 bridgehead atoms. The van der Waals surface area contributed by atoms with Crippen LogP contribution >= 0.6 is 0 Å². The van der Waals surface area contributed by atoms with Crippen molar-refractivity contribution in [1.82, 2.24) is 10.6 Å². The molecule has 2 atom stereocenters. The first kappa shape index (κ1) is 22.4. The van der Waals surface area contributed by atoms with Crippen LogP contribution in [0.5, 0.6) is 0 Å². The number of rotatable bonds is 6. The van der Waals surface area contributed by atoms with Gasteiger partial charge in [-0.1, -0.05) is 6.07 Å². The monoisotopic (exact) mass is 425 g/mol. The normalized spacial score (nSPS) is 16.0. The second kappa shape index (κ2) is 10.1. The van der Waals surface area contributed by atoms with Gasteiger partial charge in [0.25, 0.3) is 5.91 Å². The molecule has 1 aliphatic carbocycles. The Kier molecular flexibility index (Phi) is 7.32. The molecular formula is C23H25F2N5O. The van der Waals surface area contributed by atoms with Crippen molar-refractivity contribution in [2.45, 2.75) is 50.7 Å². The second-order valence-corrected chi connectivity index (χ2v) is 7.80. The second-order valence-electron chi connectivity index (χ2n) is 7.80. The number of nitrogens with two attached hydrogens (primary N) is 1. The van der Waals surface area contributed by atoms with Crippen LogP contribution in [-0.2, 0) is 0 Å². The highest BCUT2D eigenvalue weighted by Gasteiger charge is 2.20. The summed E-state index contributed by atoms with van der Waals surface area (Å²) < 4.78 is 27.0. The number of benzene rings is 2. The molecule has 0 spiro atoms. The number of guanidine groups is 1. The fourth-order valence-corrected chi connectivity index (χ4v) is 3.31. The molecule has 3 rings (SSSR count). The minimum atomic E-state index is -0.676. The molecule has 1 amide bonds. The molecule has 4 N–H and O–H groups in total. The Labute approximate surface area is 180 Å². The maximum atomic E-state index is 13.5. The van der Waals surface area contributed by atoms with Crippen LogP contribution in [-0.4, -0.2) is 24.0 Å². The lowest BCUT2D eigenvalue weighted by Gasteiger charge is -2.25. The molecule has 0 heterocycles. The van der Waals surface area contributed by atoms with Crippen molar-refractivity contribution in [1.29, 1.82) is 5.26 Å². The lowest BCUT2D eigenvalue weighted by atomic mass is 9.94. The van der Waals surface area contributed by atoms with Crippen LogP contribution in [0.2, 0.25) is 0 Å². The molecule has 31 heavy (non-hydrogen) atoms. The van der Waals surface area contributed by atoms with E-state index in [9.17, 15) is 13.6 Å². The number of nitriles is 1. The van der Waals surface area contributed by atoms with E-state index < -0.39 is 17.7 Å². The van der Waals surface area contributed by atoms with E-state index in [0.29, 0.717) is 29.1 Å². The molecule has 2 aromatic carbocycles. The SMILES string of the molecule is CC(CC(N)c1cc(F)cc(F)c1)NC(=NC1CCC1)NC(=O)c1cccc(C#N)c1. The molecule has 0 aromatic heterocycles. The molecule has 6 nitrogen and oxygen atoms in total. The van der Waals surface area contributed by atoms with Crippen LogP contribution in [0.1, 0.15) is 60.1 Å². The van der Waals surface area contributed by atoms with Crippen molar-refractivity contribution < 1.29 is 13.6 Å². The molecule has 0 radical (unpaired) electrons. The summed E-state index contributed by atoms with van der Waals surface area (Å²) in [7, 11) is 0. The highest BCUT2D eigenvalue weighted by molar-refractivity contribution is 6.06. The summed E-state index contributed by atoms with van der Waals surface area (Å²) in [4.78, 5) is 17.2. The third-order valence-corrected chi connectivity index (χ3v) is 5.18. The predicted octanol–water partition coefficient (Wildman–Crippen LogP) is 3.54. The molecule has 2 unspecified atom stereocenters. The Morgan fingerprint density at radius 1 is 1.26 bits per heavy atom. The topological polar surface area (TPSA) is 103 Å². The summed E-state index contributed by atoms with van der Waals surface area (Å²) in [5, 5.41) is 15.0. The minimum Gasteiger partial charge on any atom is -0.354 e. The Balaban J connectivity index is 1.68. The maximum Gasteiger partial charge on any atom is 0.257 e. The van der Waals surface area contributed by atoms with Crippen molar-refractivity contribution in [3.8, 4) is 6.07 Å². The number of halogens is 2. The first-order valence-corrected chi connectivity index (χ1v) is 10.2. The van der Waals surface area contributed by atoms with E-state index in [0.717, 1.165) is 25.3 Å². The Morgan fingerprint density at radius 3 is 2.58 bits per heavy atom. The van der Waals surface area contributed by atoms with Gasteiger partial charge in [-0.25, -0.2) is 13.8 Å². The molecule has 1 fully saturated rings. The van der Waals surface area contributed by atoms with E-state index in [1.807, 2.05) is 13.0 Å². The Morgan fingerprint density at radius 2 is 1.97 bits per heavy atom. The molecule has 2 aromatic rings. The zero-order valence-electron chi connectivity index (χ0n) is 17.2. The third kappa shape index (κ3) is 6.33. The lowest BCUT2D eigenvalue weighted by Crippen LogP contribution is -2.46. The zero-order chi connectivity index (χ0) is 22.4. The van der Waals surface area contributed by atoms with E-state index >= 15 is 0 Å². The zero-order valence-corrected chi connectivity index (χ0v) is 17.2. The van der Waals surface area contributed by atoms with Crippen LogP contribution in [0.15, 0.2) is 47.5 Å². The summed E-state index contributed by atoms with van der Waals surface area (Å²) in [6.07, 6.45) is 3.35. The Bertz CT molecular complexity index is 993. The van der Waals surface area contributed by atoms with Gasteiger partial charge in [-0.05, 0) is 68.5 Å². The van der Waals surface area contributed by atoms with Gasteiger partial charge in [0.2, 0.25) is 0 Å². The highest BCUT2D eigenvalue weighted by atomic mass is 19.1. The van der Waals surface area contributed by atoms with Gasteiger partial charge in [0, 0.05) is 23.7 Å². The molecular weight excluding hydrogens is 400 g/mol. The van der Waals surface area contributed by atoms with Crippen molar-refractivity contribution in [2.75, 3.05) is 0 Å². The van der Waals surface area contributed by atoms with E-state index in [2.05, 4.69) is 15.6 Å². The largest absolute Gasteiger partial charge is 0.354 e. The van der Waals surface area contributed by atoms with Crippen LogP contribution in [0.4, 0.5) is 8.78 Å². The number of carbonyl (C=O) groups is 1. The van der Waals surface area contributed by atoms with Gasteiger partial charge in [0.15, 0.2) is 5.96 Å². The number of carbonyl (C=O) groups excluding carboxylic acids is 1. The number of hydrogen-bond donors (Lipinski definition) is 3. The van der Waals surface area contributed by atoms with Gasteiger partial charge >= 0.3 is 0 Å². The van der Waals surface area contributed by atoms with E-state index in [1.54, 1.807) is 18.2 Å². The molecule has 0 aliphatic heterocycles. The predicted molar refractivity (Wildman–Crippen MR) is 114 cm³/mol. The summed E-state index contributed by atoms with van der Waals surface area (Å²) in [5.74, 6) is -1.41. The lowest BCUT2D eigenvalue weighted by molar-refractivity contribution is 0.0975. The number of nitrogens with zero attached hydrogens (tertiary/aromatic N) is 2. The van der Waals surface area contributed by atoms with Crippen molar-refractivity contribution >= 4 is 11.9 Å². The number of hydrogen-bond acceptors (Lipinski definition) is 4. The molecule has 8 heteroatoms. The van der Waals surface area contributed by atoms with Gasteiger partial charge in [-0.15, -0.1) is 0 Å². The van der Waals surface area contributed by atoms with Crippen LogP contribution in [0, 0.1) is 23.0 Å². The van der Waals surface area contributed by atoms with Gasteiger partial charge in [0.05, 0.1) is 17.7 Å². The smallest absolute Gasteiger partial charge is 0.257 e. The van der Waals surface area contributed by atoms with Crippen LogP contribution in [0.25, 0.3) is 0 Å². The summed E-state index contributed by atoms with van der Waals surface area (Å²) in [5.41, 5.74) is 7.24. The number of amides is 1. The molecule has 1 aliphatic rings. The van der Waals surface area contributed by atoms with Crippen molar-refractivity contribution in [3.05, 3.63) is 70.8 Å². The van der Waals surface area contributed by atoms with Gasteiger partial charge in [-0.3, -0.25) is 10.1 Å². The standard InChI is InChI=1S/C23H25F2N5O/c1-14(8-21(27)17-10-18(24)12-19(25)11-17)28-23(29-20-6-3-7-20)30-22(31)16-5-2-4-15(9-16)13-26/h2,4-5,9-12,14,20-21H,3,6-8,27H2,1H3,(H2,28,29,30,31). The summed E-state index contributed by atoms with van der Waals surface area (Å²) in [6, 6.07) is 10.9. The van der Waals surface area contributed by atoms with E-state index in [-0.39, 0.29) is 18.0 Å². The first-order chi connectivity index (χ1) is 14.8. The average Bonchev–Trinajstić information content (AvgIpc) is 2.69.